The maximum atomic E-state index is 10.5. The number of rotatable bonds is 4. The van der Waals surface area contributed by atoms with Gasteiger partial charge in [0, 0.05) is 17.1 Å². The number of carboxylic acids is 1. The van der Waals surface area contributed by atoms with Crippen LogP contribution in [0.25, 0.3) is 11.4 Å². The van der Waals surface area contributed by atoms with Crippen molar-refractivity contribution in [3.63, 3.8) is 0 Å². The van der Waals surface area contributed by atoms with Gasteiger partial charge in [0.2, 0.25) is 0 Å². The Morgan fingerprint density at radius 2 is 2.22 bits per heavy atom. The van der Waals surface area contributed by atoms with E-state index in [1.54, 1.807) is 11.7 Å². The van der Waals surface area contributed by atoms with Crippen molar-refractivity contribution in [1.82, 2.24) is 14.8 Å². The number of aliphatic carboxylic acids is 1. The Morgan fingerprint density at radius 1 is 1.50 bits per heavy atom. The number of halogens is 1. The normalized spacial score (nSPS) is 10.6. The van der Waals surface area contributed by atoms with Crippen LogP contribution in [0.4, 0.5) is 0 Å². The van der Waals surface area contributed by atoms with Gasteiger partial charge < -0.3 is 5.11 Å². The SMILES string of the molecule is Cn1nc(-c2ccccc2Br)nc1SCC(=O)O. The van der Waals surface area contributed by atoms with Crippen LogP contribution in [0.1, 0.15) is 0 Å². The first-order valence-corrected chi connectivity index (χ1v) is 6.86. The van der Waals surface area contributed by atoms with Gasteiger partial charge in [0.15, 0.2) is 11.0 Å². The average molecular weight is 328 g/mol. The number of hydrogen-bond acceptors (Lipinski definition) is 4. The minimum atomic E-state index is -0.870. The molecule has 5 nitrogen and oxygen atoms in total. The summed E-state index contributed by atoms with van der Waals surface area (Å²) in [6.45, 7) is 0. The van der Waals surface area contributed by atoms with Gasteiger partial charge in [0.25, 0.3) is 0 Å². The van der Waals surface area contributed by atoms with Gasteiger partial charge in [-0.3, -0.25) is 4.79 Å². The summed E-state index contributed by atoms with van der Waals surface area (Å²) >= 11 is 4.59. The van der Waals surface area contributed by atoms with E-state index in [9.17, 15) is 4.79 Å². The summed E-state index contributed by atoms with van der Waals surface area (Å²) in [6, 6.07) is 7.64. The van der Waals surface area contributed by atoms with Crippen LogP contribution >= 0.6 is 27.7 Å². The van der Waals surface area contributed by atoms with Gasteiger partial charge in [-0.15, -0.1) is 0 Å². The van der Waals surface area contributed by atoms with E-state index in [1.807, 2.05) is 24.3 Å². The number of carbonyl (C=O) groups is 1. The maximum Gasteiger partial charge on any atom is 0.313 e. The zero-order valence-electron chi connectivity index (χ0n) is 9.50. The standard InChI is InChI=1S/C11H10BrN3O2S/c1-15-11(18-6-9(16)17)13-10(14-15)7-4-2-3-5-8(7)12/h2-5H,6H2,1H3,(H,16,17). The molecule has 0 unspecified atom stereocenters. The van der Waals surface area contributed by atoms with E-state index < -0.39 is 5.97 Å². The molecule has 0 spiro atoms. The predicted octanol–water partition coefficient (Wildman–Crippen LogP) is 2.42. The molecule has 94 valence electrons. The Bertz CT molecular complexity index is 585. The quantitative estimate of drug-likeness (QED) is 0.873. The van der Waals surface area contributed by atoms with Crippen molar-refractivity contribution in [1.29, 1.82) is 0 Å². The first-order chi connectivity index (χ1) is 8.58. The number of hydrogen-bond donors (Lipinski definition) is 1. The van der Waals surface area contributed by atoms with Crippen LogP contribution in [0.2, 0.25) is 0 Å². The fourth-order valence-electron chi connectivity index (χ4n) is 1.38. The fourth-order valence-corrected chi connectivity index (χ4v) is 2.47. The molecule has 0 bridgehead atoms. The van der Waals surface area contributed by atoms with Crippen LogP contribution in [-0.4, -0.2) is 31.6 Å². The van der Waals surface area contributed by atoms with Crippen molar-refractivity contribution in [3.05, 3.63) is 28.7 Å². The Labute approximate surface area is 116 Å². The van der Waals surface area contributed by atoms with Gasteiger partial charge in [0.05, 0.1) is 5.75 Å². The number of thioether (sulfide) groups is 1. The second kappa shape index (κ2) is 5.53. The fraction of sp³-hybridized carbons (Fsp3) is 0.182. The van der Waals surface area contributed by atoms with E-state index in [0.29, 0.717) is 11.0 Å². The Kier molecular flexibility index (Phi) is 4.03. The summed E-state index contributed by atoms with van der Waals surface area (Å²) in [5.74, 6) is -0.314. The van der Waals surface area contributed by atoms with Gasteiger partial charge in [0.1, 0.15) is 0 Å². The predicted molar refractivity (Wildman–Crippen MR) is 72.5 cm³/mol. The first-order valence-electron chi connectivity index (χ1n) is 5.08. The van der Waals surface area contributed by atoms with Crippen molar-refractivity contribution >= 4 is 33.7 Å². The molecule has 0 atom stereocenters. The summed E-state index contributed by atoms with van der Waals surface area (Å²) in [4.78, 5) is 14.9. The number of aromatic nitrogens is 3. The molecule has 0 aliphatic heterocycles. The lowest BCUT2D eigenvalue weighted by molar-refractivity contribution is -0.133. The van der Waals surface area contributed by atoms with E-state index in [2.05, 4.69) is 26.0 Å². The van der Waals surface area contributed by atoms with E-state index >= 15 is 0 Å². The van der Waals surface area contributed by atoms with Crippen LogP contribution in [0, 0.1) is 0 Å². The number of carboxylic acid groups (broad SMARTS) is 1. The zero-order valence-corrected chi connectivity index (χ0v) is 11.9. The van der Waals surface area contributed by atoms with E-state index in [4.69, 9.17) is 5.11 Å². The Morgan fingerprint density at radius 3 is 2.89 bits per heavy atom. The summed E-state index contributed by atoms with van der Waals surface area (Å²) in [7, 11) is 1.75. The van der Waals surface area contributed by atoms with Gasteiger partial charge in [-0.1, -0.05) is 39.8 Å². The molecule has 0 saturated carbocycles. The molecular weight excluding hydrogens is 318 g/mol. The summed E-state index contributed by atoms with van der Waals surface area (Å²) in [5.41, 5.74) is 0.885. The maximum absolute atomic E-state index is 10.5. The molecule has 7 heteroatoms. The van der Waals surface area contributed by atoms with Crippen LogP contribution in [-0.2, 0) is 11.8 Å². The molecule has 0 aliphatic carbocycles. The molecule has 1 heterocycles. The Balaban J connectivity index is 2.29. The second-order valence-electron chi connectivity index (χ2n) is 3.50. The van der Waals surface area contributed by atoms with Crippen molar-refractivity contribution in [3.8, 4) is 11.4 Å². The lowest BCUT2D eigenvalue weighted by Gasteiger charge is -1.97. The zero-order chi connectivity index (χ0) is 13.1. The van der Waals surface area contributed by atoms with E-state index in [-0.39, 0.29) is 5.75 Å². The minimum absolute atomic E-state index is 0.0259. The van der Waals surface area contributed by atoms with Gasteiger partial charge in [-0.05, 0) is 12.1 Å². The molecule has 18 heavy (non-hydrogen) atoms. The van der Waals surface area contributed by atoms with E-state index in [0.717, 1.165) is 21.8 Å². The highest BCUT2D eigenvalue weighted by molar-refractivity contribution is 9.10. The van der Waals surface area contributed by atoms with Gasteiger partial charge in [-0.25, -0.2) is 9.67 Å². The lowest BCUT2D eigenvalue weighted by atomic mass is 10.2. The van der Waals surface area contributed by atoms with Crippen LogP contribution in [0.3, 0.4) is 0 Å². The van der Waals surface area contributed by atoms with Gasteiger partial charge in [-0.2, -0.15) is 5.10 Å². The second-order valence-corrected chi connectivity index (χ2v) is 5.30. The van der Waals surface area contributed by atoms with Crippen molar-refractivity contribution in [2.75, 3.05) is 5.75 Å². The molecule has 0 fully saturated rings. The summed E-state index contributed by atoms with van der Waals surface area (Å²) in [6.07, 6.45) is 0. The Hall–Kier alpha value is -1.34. The molecular formula is C11H10BrN3O2S. The topological polar surface area (TPSA) is 68.0 Å². The number of nitrogens with zero attached hydrogens (tertiary/aromatic N) is 3. The number of aryl methyl sites for hydroxylation is 1. The highest BCUT2D eigenvalue weighted by Gasteiger charge is 2.12. The molecule has 0 aliphatic rings. The third-order valence-electron chi connectivity index (χ3n) is 2.16. The van der Waals surface area contributed by atoms with Crippen molar-refractivity contribution < 1.29 is 9.90 Å². The van der Waals surface area contributed by atoms with E-state index in [1.165, 1.54) is 0 Å². The molecule has 0 amide bonds. The molecule has 0 radical (unpaired) electrons. The molecule has 1 N–H and O–H groups in total. The number of benzene rings is 1. The average Bonchev–Trinajstić information content (AvgIpc) is 2.68. The monoisotopic (exact) mass is 327 g/mol. The van der Waals surface area contributed by atoms with Crippen LogP contribution in [0.5, 0.6) is 0 Å². The molecule has 1 aromatic carbocycles. The highest BCUT2D eigenvalue weighted by Crippen LogP contribution is 2.27. The molecule has 2 rings (SSSR count). The lowest BCUT2D eigenvalue weighted by Crippen LogP contribution is -2.00. The van der Waals surface area contributed by atoms with Crippen molar-refractivity contribution in [2.24, 2.45) is 7.05 Å². The van der Waals surface area contributed by atoms with Crippen LogP contribution < -0.4 is 0 Å². The summed E-state index contributed by atoms with van der Waals surface area (Å²) in [5, 5.41) is 13.5. The third kappa shape index (κ3) is 2.91. The molecule has 0 saturated heterocycles. The minimum Gasteiger partial charge on any atom is -0.481 e. The summed E-state index contributed by atoms with van der Waals surface area (Å²) < 4.78 is 2.49. The molecule has 2 aromatic rings. The van der Waals surface area contributed by atoms with Gasteiger partial charge >= 0.3 is 5.97 Å². The highest BCUT2D eigenvalue weighted by atomic mass is 79.9. The third-order valence-corrected chi connectivity index (χ3v) is 3.86. The van der Waals surface area contributed by atoms with Crippen LogP contribution in [0.15, 0.2) is 33.9 Å². The first kappa shape index (κ1) is 13.1. The van der Waals surface area contributed by atoms with Crippen molar-refractivity contribution in [2.45, 2.75) is 5.16 Å². The largest absolute Gasteiger partial charge is 0.481 e. The smallest absolute Gasteiger partial charge is 0.313 e. The molecule has 1 aromatic heterocycles.